The van der Waals surface area contributed by atoms with Crippen LogP contribution in [0, 0.1) is 23.3 Å². The van der Waals surface area contributed by atoms with E-state index in [0.717, 1.165) is 5.56 Å². The van der Waals surface area contributed by atoms with E-state index in [4.69, 9.17) is 27.9 Å². The second-order valence-electron chi connectivity index (χ2n) is 11.7. The van der Waals surface area contributed by atoms with Gasteiger partial charge in [-0.2, -0.15) is 0 Å². The Kier molecular flexibility index (Phi) is 3.48. The molecule has 1 saturated heterocycles. The third kappa shape index (κ3) is 1.64. The van der Waals surface area contributed by atoms with Gasteiger partial charge in [-0.25, -0.2) is 6.57 Å². The third-order valence-corrected chi connectivity index (χ3v) is 10.6. The first kappa shape index (κ1) is 20.9. The summed E-state index contributed by atoms with van der Waals surface area (Å²) in [6.45, 7) is 22.7. The van der Waals surface area contributed by atoms with Gasteiger partial charge >= 0.3 is 5.54 Å². The number of hydrogen-bond acceptors (Lipinski definition) is 4. The molecule has 32 heavy (non-hydrogen) atoms. The fraction of sp³-hybridized carbons (Fsp3) is 0.615. The zero-order valence-electron chi connectivity index (χ0n) is 19.1. The molecule has 5 nitrogen and oxygen atoms in total. The lowest BCUT2D eigenvalue weighted by atomic mass is 9.39. The van der Waals surface area contributed by atoms with Gasteiger partial charge in [0.25, 0.3) is 0 Å². The Bertz CT molecular complexity index is 1180. The lowest BCUT2D eigenvalue weighted by Gasteiger charge is -2.65. The predicted molar refractivity (Wildman–Crippen MR) is 123 cm³/mol. The number of fused-ring (bicyclic) bond motifs is 2. The summed E-state index contributed by atoms with van der Waals surface area (Å²) in [5.74, 6) is -0.491. The highest BCUT2D eigenvalue weighted by molar-refractivity contribution is 6.21. The van der Waals surface area contributed by atoms with Crippen LogP contribution in [0.25, 0.3) is 4.85 Å². The predicted octanol–water partition coefficient (Wildman–Crippen LogP) is 4.27. The van der Waals surface area contributed by atoms with Crippen molar-refractivity contribution in [1.82, 2.24) is 0 Å². The molecule has 1 aromatic rings. The van der Waals surface area contributed by atoms with Crippen molar-refractivity contribution in [2.24, 2.45) is 21.7 Å². The molecule has 0 bridgehead atoms. The number of aliphatic imine (C=N–C) groups is 1. The molecule has 0 aromatic heterocycles. The molecule has 2 aliphatic heterocycles. The highest BCUT2D eigenvalue weighted by Gasteiger charge is 2.93. The number of hydrogen-bond donors (Lipinski definition) is 2. The Balaban J connectivity index is 1.85. The van der Waals surface area contributed by atoms with Crippen LogP contribution in [0.2, 0.25) is 0 Å². The monoisotopic (exact) mass is 452 g/mol. The molecule has 0 amide bonds. The van der Waals surface area contributed by atoms with E-state index >= 15 is 0 Å². The summed E-state index contributed by atoms with van der Waals surface area (Å²) in [6, 6.07) is 5.87. The van der Waals surface area contributed by atoms with Gasteiger partial charge in [-0.15, -0.1) is 18.2 Å². The first-order chi connectivity index (χ1) is 14.8. The van der Waals surface area contributed by atoms with Crippen LogP contribution < -0.4 is 0 Å². The zero-order chi connectivity index (χ0) is 23.3. The number of halogens is 1. The minimum Gasteiger partial charge on any atom is -0.378 e. The first-order valence-corrected chi connectivity index (χ1v) is 11.8. The average Bonchev–Trinajstić information content (AvgIpc) is 3.49. The molecule has 8 unspecified atom stereocenters. The molecule has 3 fully saturated rings. The van der Waals surface area contributed by atoms with Crippen molar-refractivity contribution in [2.45, 2.75) is 80.8 Å². The van der Waals surface area contributed by atoms with E-state index in [1.165, 1.54) is 0 Å². The highest BCUT2D eigenvalue weighted by atomic mass is 35.5. The number of ether oxygens (including phenoxy) is 1. The number of benzene rings is 1. The van der Waals surface area contributed by atoms with Crippen LogP contribution in [-0.2, 0) is 15.8 Å². The molecule has 6 rings (SSSR count). The number of nitrogens with zero attached hydrogens (tertiary/aromatic N) is 2. The van der Waals surface area contributed by atoms with Gasteiger partial charge in [0, 0.05) is 16.9 Å². The van der Waals surface area contributed by atoms with E-state index in [9.17, 15) is 10.2 Å². The molecule has 1 aromatic carbocycles. The molecule has 8 atom stereocenters. The summed E-state index contributed by atoms with van der Waals surface area (Å²) in [5, 5.41) is 25.5. The van der Waals surface area contributed by atoms with E-state index < -0.39 is 50.4 Å². The van der Waals surface area contributed by atoms with Gasteiger partial charge in [0.05, 0.1) is 22.2 Å². The minimum absolute atomic E-state index is 0.364. The molecule has 2 saturated carbocycles. The topological polar surface area (TPSA) is 69.7 Å². The molecule has 2 heterocycles. The van der Waals surface area contributed by atoms with Gasteiger partial charge < -0.3 is 19.8 Å². The quantitative estimate of drug-likeness (QED) is 0.289. The van der Waals surface area contributed by atoms with Crippen LogP contribution in [0.1, 0.15) is 52.2 Å². The maximum atomic E-state index is 13.1. The molecular formula is C26H29ClN2O3. The summed E-state index contributed by atoms with van der Waals surface area (Å²) < 4.78 is 6.26. The SMILES string of the molecule is [C-]#[N+]C12C3OC3C(C)(C)C3=Nc4cccc5c4C3(O)C1(O)C(CC(Cl)C2(C)C=C)C5(C)C. The fourth-order valence-corrected chi connectivity index (χ4v) is 8.54. The number of epoxide rings is 1. The van der Waals surface area contributed by atoms with Gasteiger partial charge in [0.1, 0.15) is 6.10 Å². The van der Waals surface area contributed by atoms with Crippen molar-refractivity contribution in [2.75, 3.05) is 0 Å². The van der Waals surface area contributed by atoms with Gasteiger partial charge in [0.2, 0.25) is 0 Å². The maximum Gasteiger partial charge on any atom is 0.302 e. The lowest BCUT2D eigenvalue weighted by molar-refractivity contribution is -0.243. The molecule has 3 aliphatic carbocycles. The molecule has 5 aliphatic rings. The smallest absolute Gasteiger partial charge is 0.302 e. The Labute approximate surface area is 194 Å². The summed E-state index contributed by atoms with van der Waals surface area (Å²) in [6.07, 6.45) is 1.19. The molecule has 0 radical (unpaired) electrons. The van der Waals surface area contributed by atoms with Crippen LogP contribution >= 0.6 is 11.6 Å². The number of aliphatic hydroxyl groups is 2. The largest absolute Gasteiger partial charge is 0.378 e. The van der Waals surface area contributed by atoms with Crippen molar-refractivity contribution in [3.8, 4) is 0 Å². The van der Waals surface area contributed by atoms with E-state index in [2.05, 4.69) is 25.3 Å². The number of rotatable bonds is 1. The van der Waals surface area contributed by atoms with Gasteiger partial charge in [-0.05, 0) is 30.4 Å². The highest BCUT2D eigenvalue weighted by Crippen LogP contribution is 2.76. The van der Waals surface area contributed by atoms with Gasteiger partial charge in [0.15, 0.2) is 17.3 Å². The van der Waals surface area contributed by atoms with Crippen molar-refractivity contribution >= 4 is 23.0 Å². The Morgan fingerprint density at radius 3 is 2.50 bits per heavy atom. The van der Waals surface area contributed by atoms with Gasteiger partial charge in [-0.3, -0.25) is 4.99 Å². The Hall–Kier alpha value is -1.71. The standard InChI is InChI=1S/C26H29ClN2O3/c1-8-23(6)16(27)12-15-21(2,3)13-10-9-11-14-17(13)24(30)20(29-14)22(4,5)18-19(32-18)25(23,28-7)26(15,24)31/h8-11,15-16,18-19,30-31H,1,12H2,2-6H3. The van der Waals surface area contributed by atoms with Crippen LogP contribution in [0.3, 0.4) is 0 Å². The Morgan fingerprint density at radius 2 is 1.88 bits per heavy atom. The maximum absolute atomic E-state index is 13.1. The van der Waals surface area contributed by atoms with E-state index in [-0.39, 0.29) is 6.10 Å². The van der Waals surface area contributed by atoms with Crippen LogP contribution in [0.5, 0.6) is 0 Å². The summed E-state index contributed by atoms with van der Waals surface area (Å²) in [5.41, 5.74) is -4.68. The van der Waals surface area contributed by atoms with E-state index in [1.807, 2.05) is 39.0 Å². The summed E-state index contributed by atoms with van der Waals surface area (Å²) in [7, 11) is 0. The van der Waals surface area contributed by atoms with Crippen LogP contribution in [0.15, 0.2) is 35.8 Å². The van der Waals surface area contributed by atoms with Crippen LogP contribution in [0.4, 0.5) is 5.69 Å². The first-order valence-electron chi connectivity index (χ1n) is 11.3. The molecule has 0 spiro atoms. The van der Waals surface area contributed by atoms with Crippen molar-refractivity contribution in [3.63, 3.8) is 0 Å². The zero-order valence-corrected chi connectivity index (χ0v) is 19.9. The fourth-order valence-electron chi connectivity index (χ4n) is 8.11. The molecule has 6 heteroatoms. The lowest BCUT2D eigenvalue weighted by Crippen LogP contribution is -2.83. The third-order valence-electron chi connectivity index (χ3n) is 9.92. The Morgan fingerprint density at radius 1 is 1.19 bits per heavy atom. The average molecular weight is 453 g/mol. The van der Waals surface area contributed by atoms with E-state index in [0.29, 0.717) is 23.4 Å². The molecule has 168 valence electrons. The van der Waals surface area contributed by atoms with E-state index in [1.54, 1.807) is 6.08 Å². The summed E-state index contributed by atoms with van der Waals surface area (Å²) in [4.78, 5) is 9.17. The molecule has 2 N–H and O–H groups in total. The number of alkyl halides is 1. The second kappa shape index (κ2) is 5.33. The minimum atomic E-state index is -1.87. The molecular weight excluding hydrogens is 424 g/mol. The normalized spacial score (nSPS) is 50.3. The second-order valence-corrected chi connectivity index (χ2v) is 12.2. The van der Waals surface area contributed by atoms with Crippen molar-refractivity contribution in [1.29, 1.82) is 0 Å². The van der Waals surface area contributed by atoms with Crippen LogP contribution in [-0.4, -0.2) is 44.6 Å². The van der Waals surface area contributed by atoms with Crippen molar-refractivity contribution < 1.29 is 14.9 Å². The van der Waals surface area contributed by atoms with Gasteiger partial charge in [-0.1, -0.05) is 45.9 Å². The van der Waals surface area contributed by atoms with Crippen molar-refractivity contribution in [3.05, 3.63) is 53.4 Å². The summed E-state index contributed by atoms with van der Waals surface area (Å²) >= 11 is 7.08.